The number of fused-ring (bicyclic) bond motifs is 1. The van der Waals surface area contributed by atoms with Crippen molar-refractivity contribution in [3.8, 4) is 0 Å². The molecule has 1 fully saturated rings. The SMILES string of the molecule is CCOC(=O)Nc1ccc2c(CSc3nnnn3C3CCCCC3)cc(=O)oc2c1. The van der Waals surface area contributed by atoms with Crippen LogP contribution in [0, 0.1) is 0 Å². The molecule has 0 radical (unpaired) electrons. The lowest BCUT2D eigenvalue weighted by molar-refractivity contribution is 0.168. The number of tetrazole rings is 1. The van der Waals surface area contributed by atoms with Crippen LogP contribution in [0.15, 0.2) is 38.6 Å². The Bertz CT molecular complexity index is 1090. The number of amides is 1. The lowest BCUT2D eigenvalue weighted by atomic mass is 9.96. The normalized spacial score (nSPS) is 14.7. The smallest absolute Gasteiger partial charge is 0.411 e. The maximum Gasteiger partial charge on any atom is 0.411 e. The van der Waals surface area contributed by atoms with Crippen LogP contribution in [0.2, 0.25) is 0 Å². The van der Waals surface area contributed by atoms with Crippen LogP contribution in [0.25, 0.3) is 11.0 Å². The fraction of sp³-hybridized carbons (Fsp3) is 0.450. The van der Waals surface area contributed by atoms with Crippen molar-refractivity contribution in [1.29, 1.82) is 0 Å². The summed E-state index contributed by atoms with van der Waals surface area (Å²) in [5.41, 5.74) is 1.28. The largest absolute Gasteiger partial charge is 0.450 e. The first-order chi connectivity index (χ1) is 14.6. The number of rotatable bonds is 6. The van der Waals surface area contributed by atoms with Crippen LogP contribution in [-0.4, -0.2) is 32.9 Å². The summed E-state index contributed by atoms with van der Waals surface area (Å²) in [6.45, 7) is 2.00. The molecule has 0 bridgehead atoms. The highest BCUT2D eigenvalue weighted by Crippen LogP contribution is 2.32. The van der Waals surface area contributed by atoms with Gasteiger partial charge in [0.15, 0.2) is 0 Å². The van der Waals surface area contributed by atoms with Crippen LogP contribution >= 0.6 is 11.8 Å². The summed E-state index contributed by atoms with van der Waals surface area (Å²) in [6.07, 6.45) is 5.28. The van der Waals surface area contributed by atoms with Gasteiger partial charge in [-0.15, -0.1) is 5.10 Å². The third kappa shape index (κ3) is 4.64. The first-order valence-electron chi connectivity index (χ1n) is 10.1. The number of nitrogens with one attached hydrogen (secondary N) is 1. The Balaban J connectivity index is 1.54. The van der Waals surface area contributed by atoms with E-state index in [4.69, 9.17) is 9.15 Å². The summed E-state index contributed by atoms with van der Waals surface area (Å²) in [4.78, 5) is 23.7. The Morgan fingerprint density at radius 3 is 2.93 bits per heavy atom. The number of ether oxygens (including phenoxy) is 1. The minimum atomic E-state index is -0.555. The minimum absolute atomic E-state index is 0.274. The van der Waals surface area contributed by atoms with Crippen molar-refractivity contribution in [3.05, 3.63) is 40.2 Å². The van der Waals surface area contributed by atoms with E-state index in [0.717, 1.165) is 28.9 Å². The van der Waals surface area contributed by atoms with E-state index >= 15 is 0 Å². The molecule has 1 aromatic carbocycles. The van der Waals surface area contributed by atoms with Crippen LogP contribution in [0.1, 0.15) is 50.6 Å². The van der Waals surface area contributed by atoms with Crippen LogP contribution < -0.4 is 10.9 Å². The van der Waals surface area contributed by atoms with Gasteiger partial charge < -0.3 is 9.15 Å². The average Bonchev–Trinajstić information content (AvgIpc) is 3.21. The standard InChI is InChI=1S/C20H23N5O4S/c1-2-28-20(27)21-14-8-9-16-13(10-18(26)29-17(16)11-14)12-30-19-22-23-24-25(19)15-6-4-3-5-7-15/h8-11,15H,2-7,12H2,1H3,(H,21,27). The molecule has 9 nitrogen and oxygen atoms in total. The number of hydrogen-bond donors (Lipinski definition) is 1. The van der Waals surface area contributed by atoms with Crippen molar-refractivity contribution >= 4 is 34.5 Å². The molecule has 2 heterocycles. The van der Waals surface area contributed by atoms with E-state index in [2.05, 4.69) is 20.8 Å². The summed E-state index contributed by atoms with van der Waals surface area (Å²) in [6, 6.07) is 7.01. The lowest BCUT2D eigenvalue weighted by Crippen LogP contribution is -2.15. The summed E-state index contributed by atoms with van der Waals surface area (Å²) in [5.74, 6) is 0.528. The van der Waals surface area contributed by atoms with Crippen LogP contribution in [-0.2, 0) is 10.5 Å². The van der Waals surface area contributed by atoms with Crippen molar-refractivity contribution < 1.29 is 13.9 Å². The monoisotopic (exact) mass is 429 g/mol. The number of nitrogens with zero attached hydrogens (tertiary/aromatic N) is 4. The molecule has 0 saturated heterocycles. The average molecular weight is 430 g/mol. The van der Waals surface area contributed by atoms with Gasteiger partial charge in [-0.3, -0.25) is 5.32 Å². The number of carbonyl (C=O) groups is 1. The summed E-state index contributed by atoms with van der Waals surface area (Å²) >= 11 is 1.50. The third-order valence-corrected chi connectivity index (χ3v) is 6.07. The molecule has 1 amide bonds. The summed E-state index contributed by atoms with van der Waals surface area (Å²) < 4.78 is 12.1. The second kappa shape index (κ2) is 9.29. The van der Waals surface area contributed by atoms with Gasteiger partial charge in [-0.2, -0.15) is 0 Å². The molecule has 0 atom stereocenters. The van der Waals surface area contributed by atoms with Gasteiger partial charge in [0.2, 0.25) is 5.16 Å². The van der Waals surface area contributed by atoms with Gasteiger partial charge in [-0.25, -0.2) is 14.3 Å². The topological polar surface area (TPSA) is 112 Å². The third-order valence-electron chi connectivity index (χ3n) is 5.09. The van der Waals surface area contributed by atoms with E-state index in [1.54, 1.807) is 19.1 Å². The molecule has 1 saturated carbocycles. The highest BCUT2D eigenvalue weighted by molar-refractivity contribution is 7.98. The number of carbonyl (C=O) groups excluding carboxylic acids is 1. The van der Waals surface area contributed by atoms with E-state index in [0.29, 0.717) is 23.1 Å². The van der Waals surface area contributed by atoms with Gasteiger partial charge in [-0.1, -0.05) is 31.0 Å². The number of hydrogen-bond acceptors (Lipinski definition) is 8. The van der Waals surface area contributed by atoms with Crippen LogP contribution in [0.3, 0.4) is 0 Å². The molecule has 158 valence electrons. The van der Waals surface area contributed by atoms with Crippen molar-refractivity contribution in [3.63, 3.8) is 0 Å². The zero-order valence-electron chi connectivity index (χ0n) is 16.7. The maximum absolute atomic E-state index is 12.1. The number of aromatic nitrogens is 4. The second-order valence-corrected chi connectivity index (χ2v) is 8.08. The van der Waals surface area contributed by atoms with Gasteiger partial charge >= 0.3 is 11.7 Å². The zero-order valence-corrected chi connectivity index (χ0v) is 17.5. The second-order valence-electron chi connectivity index (χ2n) is 7.13. The molecule has 4 rings (SSSR count). The van der Waals surface area contributed by atoms with Gasteiger partial charge in [0.05, 0.1) is 12.6 Å². The molecule has 0 spiro atoms. The fourth-order valence-corrected chi connectivity index (χ4v) is 4.63. The molecular weight excluding hydrogens is 406 g/mol. The molecule has 1 aliphatic carbocycles. The Morgan fingerprint density at radius 1 is 1.30 bits per heavy atom. The molecule has 1 N–H and O–H groups in total. The predicted molar refractivity (Wildman–Crippen MR) is 113 cm³/mol. The van der Waals surface area contributed by atoms with E-state index < -0.39 is 11.7 Å². The van der Waals surface area contributed by atoms with Crippen molar-refractivity contribution in [2.45, 2.75) is 56.0 Å². The fourth-order valence-electron chi connectivity index (χ4n) is 3.69. The number of thioether (sulfide) groups is 1. The Morgan fingerprint density at radius 2 is 2.13 bits per heavy atom. The Kier molecular flexibility index (Phi) is 6.32. The van der Waals surface area contributed by atoms with Crippen molar-refractivity contribution in [2.75, 3.05) is 11.9 Å². The number of anilines is 1. The highest BCUT2D eigenvalue weighted by Gasteiger charge is 2.20. The van der Waals surface area contributed by atoms with E-state index in [9.17, 15) is 9.59 Å². The van der Waals surface area contributed by atoms with Crippen molar-refractivity contribution in [1.82, 2.24) is 20.2 Å². The molecule has 0 unspecified atom stereocenters. The van der Waals surface area contributed by atoms with E-state index in [-0.39, 0.29) is 6.61 Å². The molecular formula is C20H23N5O4S. The molecule has 3 aromatic rings. The molecule has 0 aliphatic heterocycles. The Labute approximate surface area is 177 Å². The number of benzene rings is 1. The lowest BCUT2D eigenvalue weighted by Gasteiger charge is -2.22. The summed E-state index contributed by atoms with van der Waals surface area (Å²) in [7, 11) is 0. The van der Waals surface area contributed by atoms with Crippen molar-refractivity contribution in [2.24, 2.45) is 0 Å². The first kappa shape index (κ1) is 20.4. The van der Waals surface area contributed by atoms with E-state index in [1.807, 2.05) is 10.7 Å². The van der Waals surface area contributed by atoms with Crippen LogP contribution in [0.5, 0.6) is 0 Å². The molecule has 30 heavy (non-hydrogen) atoms. The quantitative estimate of drug-likeness (QED) is 0.459. The molecule has 10 heteroatoms. The van der Waals surface area contributed by atoms with E-state index in [1.165, 1.54) is 37.1 Å². The maximum atomic E-state index is 12.1. The molecule has 2 aromatic heterocycles. The van der Waals surface area contributed by atoms with Gasteiger partial charge in [0.1, 0.15) is 5.58 Å². The van der Waals surface area contributed by atoms with Gasteiger partial charge in [0.25, 0.3) is 0 Å². The van der Waals surface area contributed by atoms with Gasteiger partial charge in [-0.05, 0) is 47.9 Å². The Hall–Kier alpha value is -2.88. The first-order valence-corrected chi connectivity index (χ1v) is 11.0. The van der Waals surface area contributed by atoms with Crippen LogP contribution in [0.4, 0.5) is 10.5 Å². The molecule has 1 aliphatic rings. The van der Waals surface area contributed by atoms with Gasteiger partial charge in [0, 0.05) is 29.0 Å². The zero-order chi connectivity index (χ0) is 20.9. The minimum Gasteiger partial charge on any atom is -0.450 e. The predicted octanol–water partition coefficient (Wildman–Crippen LogP) is 4.15. The highest BCUT2D eigenvalue weighted by atomic mass is 32.2. The summed E-state index contributed by atoms with van der Waals surface area (Å²) in [5, 5.41) is 16.4.